The minimum absolute atomic E-state index is 0.433. The van der Waals surface area contributed by atoms with Crippen molar-refractivity contribution in [3.63, 3.8) is 0 Å². The molecule has 4 nitrogen and oxygen atoms in total. The Balaban J connectivity index is 2.02. The monoisotopic (exact) mass is 342 g/mol. The van der Waals surface area contributed by atoms with Crippen molar-refractivity contribution in [1.29, 1.82) is 0 Å². The summed E-state index contributed by atoms with van der Waals surface area (Å²) in [5.41, 5.74) is 4.96. The lowest BCUT2D eigenvalue weighted by molar-refractivity contribution is 0.111. The van der Waals surface area contributed by atoms with Crippen molar-refractivity contribution in [2.75, 3.05) is 0 Å². The largest absolute Gasteiger partial charge is 0.298 e. The van der Waals surface area contributed by atoms with Gasteiger partial charge in [-0.3, -0.25) is 19.2 Å². The Morgan fingerprint density at radius 2 is 0.654 bits per heavy atom. The molecule has 3 rings (SSSR count). The molecular formula is C22H14O4. The highest BCUT2D eigenvalue weighted by Gasteiger charge is 2.06. The maximum absolute atomic E-state index is 11.0. The van der Waals surface area contributed by atoms with Crippen LogP contribution in [0.3, 0.4) is 0 Å². The van der Waals surface area contributed by atoms with Crippen LogP contribution in [0.5, 0.6) is 0 Å². The van der Waals surface area contributed by atoms with Crippen LogP contribution in [0.1, 0.15) is 41.4 Å². The predicted octanol–water partition coefficient (Wildman–Crippen LogP) is 4.27. The first-order chi connectivity index (χ1) is 12.7. The SMILES string of the molecule is O=Cc1cc(C=O)cc(-c2ccc(-c3cc(C=O)cc(C=O)c3)cc2)c1. The molecule has 0 saturated heterocycles. The Labute approximate surface area is 150 Å². The van der Waals surface area contributed by atoms with E-state index >= 15 is 0 Å². The average Bonchev–Trinajstić information content (AvgIpc) is 2.72. The Morgan fingerprint density at radius 3 is 0.885 bits per heavy atom. The van der Waals surface area contributed by atoms with Crippen LogP contribution in [-0.2, 0) is 0 Å². The molecule has 0 atom stereocenters. The fraction of sp³-hybridized carbons (Fsp3) is 0. The summed E-state index contributed by atoms with van der Waals surface area (Å²) in [6.07, 6.45) is 2.82. The quantitative estimate of drug-likeness (QED) is 0.627. The molecule has 4 heteroatoms. The summed E-state index contributed by atoms with van der Waals surface area (Å²) in [5, 5.41) is 0. The van der Waals surface area contributed by atoms with Crippen LogP contribution in [0.25, 0.3) is 22.3 Å². The van der Waals surface area contributed by atoms with E-state index in [-0.39, 0.29) is 0 Å². The molecule has 0 heterocycles. The number of hydrogen-bond acceptors (Lipinski definition) is 4. The van der Waals surface area contributed by atoms with E-state index in [1.807, 2.05) is 24.3 Å². The van der Waals surface area contributed by atoms with Gasteiger partial charge in [0.05, 0.1) is 0 Å². The number of benzene rings is 3. The van der Waals surface area contributed by atoms with E-state index < -0.39 is 0 Å². The number of rotatable bonds is 6. The van der Waals surface area contributed by atoms with E-state index in [4.69, 9.17) is 0 Å². The van der Waals surface area contributed by atoms with Gasteiger partial charge < -0.3 is 0 Å². The second kappa shape index (κ2) is 7.49. The highest BCUT2D eigenvalue weighted by atomic mass is 16.1. The Hall–Kier alpha value is -3.66. The zero-order valence-electron chi connectivity index (χ0n) is 13.7. The smallest absolute Gasteiger partial charge is 0.150 e. The zero-order chi connectivity index (χ0) is 18.5. The van der Waals surface area contributed by atoms with Crippen molar-refractivity contribution in [3.8, 4) is 22.3 Å². The molecule has 0 aliphatic heterocycles. The molecule has 0 aromatic heterocycles. The third-order valence-electron chi connectivity index (χ3n) is 4.05. The van der Waals surface area contributed by atoms with Crippen LogP contribution in [0, 0.1) is 0 Å². The first kappa shape index (κ1) is 17.2. The van der Waals surface area contributed by atoms with Crippen molar-refractivity contribution in [1.82, 2.24) is 0 Å². The molecule has 0 fully saturated rings. The van der Waals surface area contributed by atoms with Crippen LogP contribution in [0.4, 0.5) is 0 Å². The summed E-state index contributed by atoms with van der Waals surface area (Å²) >= 11 is 0. The van der Waals surface area contributed by atoms with Gasteiger partial charge in [0.25, 0.3) is 0 Å². The summed E-state index contributed by atoms with van der Waals surface area (Å²) in [6.45, 7) is 0. The summed E-state index contributed by atoms with van der Waals surface area (Å²) in [6, 6.07) is 17.4. The van der Waals surface area contributed by atoms with Gasteiger partial charge in [0, 0.05) is 22.3 Å². The van der Waals surface area contributed by atoms with E-state index in [0.29, 0.717) is 47.4 Å². The van der Waals surface area contributed by atoms with E-state index in [2.05, 4.69) is 0 Å². The standard InChI is InChI=1S/C22H14O4/c23-11-15-5-16(12-24)8-21(7-15)19-1-2-20(4-3-19)22-9-17(13-25)6-18(10-22)14-26/h1-14H. The first-order valence-electron chi connectivity index (χ1n) is 7.88. The lowest BCUT2D eigenvalue weighted by atomic mass is 9.96. The van der Waals surface area contributed by atoms with Crippen LogP contribution >= 0.6 is 0 Å². The molecule has 26 heavy (non-hydrogen) atoms. The predicted molar refractivity (Wildman–Crippen MR) is 98.9 cm³/mol. The van der Waals surface area contributed by atoms with Crippen molar-refractivity contribution in [2.24, 2.45) is 0 Å². The highest BCUT2D eigenvalue weighted by molar-refractivity contribution is 5.88. The Bertz CT molecular complexity index is 866. The fourth-order valence-electron chi connectivity index (χ4n) is 2.81. The normalized spacial score (nSPS) is 10.2. The molecule has 3 aromatic carbocycles. The molecule has 0 bridgehead atoms. The minimum atomic E-state index is 0.433. The van der Waals surface area contributed by atoms with Gasteiger partial charge >= 0.3 is 0 Å². The van der Waals surface area contributed by atoms with E-state index in [9.17, 15) is 19.2 Å². The van der Waals surface area contributed by atoms with Crippen molar-refractivity contribution >= 4 is 25.1 Å². The Kier molecular flexibility index (Phi) is 4.94. The zero-order valence-corrected chi connectivity index (χ0v) is 13.7. The fourth-order valence-corrected chi connectivity index (χ4v) is 2.81. The molecular weight excluding hydrogens is 328 g/mol. The second-order valence-corrected chi connectivity index (χ2v) is 5.83. The third kappa shape index (κ3) is 3.54. The molecule has 0 aliphatic rings. The summed E-state index contributed by atoms with van der Waals surface area (Å²) in [5.74, 6) is 0. The minimum Gasteiger partial charge on any atom is -0.298 e. The molecule has 0 N–H and O–H groups in total. The topological polar surface area (TPSA) is 68.3 Å². The molecule has 0 radical (unpaired) electrons. The van der Waals surface area contributed by atoms with Crippen LogP contribution in [0.15, 0.2) is 60.7 Å². The second-order valence-electron chi connectivity index (χ2n) is 5.83. The summed E-state index contributed by atoms with van der Waals surface area (Å²) in [4.78, 5) is 44.2. The van der Waals surface area contributed by atoms with Gasteiger partial charge in [0.2, 0.25) is 0 Å². The van der Waals surface area contributed by atoms with Gasteiger partial charge in [-0.2, -0.15) is 0 Å². The maximum atomic E-state index is 11.0. The number of carbonyl (C=O) groups is 4. The maximum Gasteiger partial charge on any atom is 0.150 e. The van der Waals surface area contributed by atoms with Gasteiger partial charge in [-0.25, -0.2) is 0 Å². The number of aldehydes is 4. The van der Waals surface area contributed by atoms with Gasteiger partial charge in [0.1, 0.15) is 25.1 Å². The molecule has 126 valence electrons. The third-order valence-corrected chi connectivity index (χ3v) is 4.05. The van der Waals surface area contributed by atoms with Gasteiger partial charge in [-0.15, -0.1) is 0 Å². The van der Waals surface area contributed by atoms with Crippen LogP contribution in [0.2, 0.25) is 0 Å². The first-order valence-corrected chi connectivity index (χ1v) is 7.88. The molecule has 0 saturated carbocycles. The molecule has 3 aromatic rings. The summed E-state index contributed by atoms with van der Waals surface area (Å²) < 4.78 is 0. The highest BCUT2D eigenvalue weighted by Crippen LogP contribution is 2.27. The lowest BCUT2D eigenvalue weighted by Crippen LogP contribution is -1.90. The van der Waals surface area contributed by atoms with Gasteiger partial charge in [-0.1, -0.05) is 24.3 Å². The van der Waals surface area contributed by atoms with Crippen molar-refractivity contribution < 1.29 is 19.2 Å². The van der Waals surface area contributed by atoms with Crippen LogP contribution in [-0.4, -0.2) is 25.1 Å². The number of hydrogen-bond donors (Lipinski definition) is 0. The number of carbonyl (C=O) groups excluding carboxylic acids is 4. The molecule has 0 amide bonds. The molecule has 0 spiro atoms. The lowest BCUT2D eigenvalue weighted by Gasteiger charge is -2.08. The Morgan fingerprint density at radius 1 is 0.385 bits per heavy atom. The van der Waals surface area contributed by atoms with Crippen molar-refractivity contribution in [2.45, 2.75) is 0 Å². The van der Waals surface area contributed by atoms with E-state index in [1.165, 1.54) is 12.1 Å². The molecule has 0 unspecified atom stereocenters. The van der Waals surface area contributed by atoms with Crippen molar-refractivity contribution in [3.05, 3.63) is 82.9 Å². The van der Waals surface area contributed by atoms with Gasteiger partial charge in [0.15, 0.2) is 0 Å². The average molecular weight is 342 g/mol. The molecule has 0 aliphatic carbocycles. The van der Waals surface area contributed by atoms with E-state index in [0.717, 1.165) is 22.3 Å². The van der Waals surface area contributed by atoms with Crippen LogP contribution < -0.4 is 0 Å². The van der Waals surface area contributed by atoms with E-state index in [1.54, 1.807) is 24.3 Å². The van der Waals surface area contributed by atoms with Gasteiger partial charge in [-0.05, 0) is 58.7 Å². The summed E-state index contributed by atoms with van der Waals surface area (Å²) in [7, 11) is 0.